The Balaban J connectivity index is 1.78. The third-order valence-electron chi connectivity index (χ3n) is 3.22. The number of nitrogens with zero attached hydrogens (tertiary/aromatic N) is 2. The van der Waals surface area contributed by atoms with Crippen LogP contribution in [0.3, 0.4) is 0 Å². The zero-order valence-electron chi connectivity index (χ0n) is 12.6. The van der Waals surface area contributed by atoms with Gasteiger partial charge >= 0.3 is 0 Å². The Bertz CT molecular complexity index is 607. The Morgan fingerprint density at radius 1 is 1.32 bits per heavy atom. The van der Waals surface area contributed by atoms with Gasteiger partial charge in [0.05, 0.1) is 24.7 Å². The van der Waals surface area contributed by atoms with Crippen LogP contribution in [0.25, 0.3) is 0 Å². The number of aliphatic imine (C=N–C) groups is 1. The quantitative estimate of drug-likeness (QED) is 0.469. The Morgan fingerprint density at radius 3 is 2.55 bits per heavy atom. The average Bonchev–Trinajstić information content (AvgIpc) is 2.52. The SMILES string of the molecule is CS(=O)(=O)c1ccc(OCCN=C(N)N2CCOCC2)cc1. The van der Waals surface area contributed by atoms with Crippen LogP contribution in [0.1, 0.15) is 0 Å². The van der Waals surface area contributed by atoms with Gasteiger partial charge in [-0.05, 0) is 24.3 Å². The van der Waals surface area contributed by atoms with Crippen molar-refractivity contribution in [2.24, 2.45) is 10.7 Å². The molecule has 0 aromatic heterocycles. The minimum Gasteiger partial charge on any atom is -0.492 e. The highest BCUT2D eigenvalue weighted by molar-refractivity contribution is 7.90. The summed E-state index contributed by atoms with van der Waals surface area (Å²) in [6.07, 6.45) is 1.17. The summed E-state index contributed by atoms with van der Waals surface area (Å²) >= 11 is 0. The van der Waals surface area contributed by atoms with Gasteiger partial charge in [0.2, 0.25) is 0 Å². The molecule has 2 N–H and O–H groups in total. The minimum atomic E-state index is -3.18. The molecular weight excluding hydrogens is 306 g/mol. The summed E-state index contributed by atoms with van der Waals surface area (Å²) < 4.78 is 33.4. The highest BCUT2D eigenvalue weighted by Crippen LogP contribution is 2.15. The zero-order valence-corrected chi connectivity index (χ0v) is 13.4. The first-order chi connectivity index (χ1) is 10.5. The summed E-state index contributed by atoms with van der Waals surface area (Å²) in [6.45, 7) is 3.66. The van der Waals surface area contributed by atoms with Crippen molar-refractivity contribution in [2.45, 2.75) is 4.90 Å². The summed E-state index contributed by atoms with van der Waals surface area (Å²) in [5.41, 5.74) is 5.89. The topological polar surface area (TPSA) is 94.2 Å². The van der Waals surface area contributed by atoms with Gasteiger partial charge in [-0.3, -0.25) is 0 Å². The van der Waals surface area contributed by atoms with Crippen LogP contribution < -0.4 is 10.5 Å². The van der Waals surface area contributed by atoms with Crippen molar-refractivity contribution < 1.29 is 17.9 Å². The molecule has 2 rings (SSSR count). The summed E-state index contributed by atoms with van der Waals surface area (Å²) in [6, 6.07) is 6.31. The predicted octanol–water partition coefficient (Wildman–Crippen LogP) is 0.116. The van der Waals surface area contributed by atoms with Crippen LogP contribution in [0.4, 0.5) is 0 Å². The largest absolute Gasteiger partial charge is 0.492 e. The maximum absolute atomic E-state index is 11.3. The van der Waals surface area contributed by atoms with Crippen molar-refractivity contribution in [1.29, 1.82) is 0 Å². The molecule has 7 nitrogen and oxygen atoms in total. The maximum atomic E-state index is 11.3. The molecule has 0 amide bonds. The molecule has 1 aromatic carbocycles. The van der Waals surface area contributed by atoms with Gasteiger partial charge in [0.15, 0.2) is 15.8 Å². The van der Waals surface area contributed by atoms with E-state index in [1.807, 2.05) is 4.90 Å². The lowest BCUT2D eigenvalue weighted by molar-refractivity contribution is 0.0674. The van der Waals surface area contributed by atoms with Crippen LogP contribution in [-0.4, -0.2) is 65.0 Å². The molecule has 0 atom stereocenters. The third-order valence-corrected chi connectivity index (χ3v) is 4.35. The second-order valence-corrected chi connectivity index (χ2v) is 6.95. The van der Waals surface area contributed by atoms with Gasteiger partial charge in [-0.1, -0.05) is 0 Å². The number of rotatable bonds is 5. The Hall–Kier alpha value is -1.80. The highest BCUT2D eigenvalue weighted by atomic mass is 32.2. The van der Waals surface area contributed by atoms with E-state index in [0.717, 1.165) is 13.1 Å². The number of nitrogens with two attached hydrogens (primary N) is 1. The van der Waals surface area contributed by atoms with Crippen LogP contribution in [0.5, 0.6) is 5.75 Å². The fraction of sp³-hybridized carbons (Fsp3) is 0.500. The van der Waals surface area contributed by atoms with E-state index >= 15 is 0 Å². The van der Waals surface area contributed by atoms with Crippen molar-refractivity contribution in [3.05, 3.63) is 24.3 Å². The monoisotopic (exact) mass is 327 g/mol. The first-order valence-corrected chi connectivity index (χ1v) is 8.91. The first-order valence-electron chi connectivity index (χ1n) is 7.02. The van der Waals surface area contributed by atoms with Gasteiger partial charge in [-0.25, -0.2) is 13.4 Å². The van der Waals surface area contributed by atoms with E-state index in [1.165, 1.54) is 18.4 Å². The third kappa shape index (κ3) is 4.88. The number of benzene rings is 1. The Kier molecular flexibility index (Phi) is 5.62. The van der Waals surface area contributed by atoms with Crippen LogP contribution in [0.15, 0.2) is 34.2 Å². The van der Waals surface area contributed by atoms with Gasteiger partial charge in [0, 0.05) is 19.3 Å². The van der Waals surface area contributed by atoms with Gasteiger partial charge in [-0.15, -0.1) is 0 Å². The van der Waals surface area contributed by atoms with E-state index in [-0.39, 0.29) is 4.90 Å². The number of hydrogen-bond acceptors (Lipinski definition) is 5. The van der Waals surface area contributed by atoms with E-state index in [9.17, 15) is 8.42 Å². The molecule has 1 aliphatic heterocycles. The van der Waals surface area contributed by atoms with Crippen LogP contribution in [0, 0.1) is 0 Å². The summed E-state index contributed by atoms with van der Waals surface area (Å²) in [7, 11) is -3.18. The standard InChI is InChI=1S/C14H21N3O4S/c1-22(18,19)13-4-2-12(3-5-13)21-9-6-16-14(15)17-7-10-20-11-8-17/h2-5H,6-11H2,1H3,(H2,15,16). The normalized spacial score (nSPS) is 16.6. The molecule has 0 unspecified atom stereocenters. The van der Waals surface area contributed by atoms with E-state index in [4.69, 9.17) is 15.2 Å². The molecule has 0 bridgehead atoms. The second kappa shape index (κ2) is 7.46. The molecule has 0 saturated carbocycles. The summed E-state index contributed by atoms with van der Waals surface area (Å²) in [4.78, 5) is 6.51. The van der Waals surface area contributed by atoms with Crippen molar-refractivity contribution in [2.75, 3.05) is 45.7 Å². The number of hydrogen-bond donors (Lipinski definition) is 1. The second-order valence-electron chi connectivity index (χ2n) is 4.93. The smallest absolute Gasteiger partial charge is 0.191 e. The van der Waals surface area contributed by atoms with Crippen LogP contribution in [0.2, 0.25) is 0 Å². The number of sulfone groups is 1. The molecule has 8 heteroatoms. The van der Waals surface area contributed by atoms with Gasteiger partial charge < -0.3 is 20.1 Å². The first kappa shape index (κ1) is 16.6. The minimum absolute atomic E-state index is 0.273. The molecule has 1 fully saturated rings. The summed E-state index contributed by atoms with van der Waals surface area (Å²) in [5.74, 6) is 1.10. The highest BCUT2D eigenvalue weighted by Gasteiger charge is 2.11. The molecule has 1 aromatic rings. The maximum Gasteiger partial charge on any atom is 0.191 e. The van der Waals surface area contributed by atoms with E-state index < -0.39 is 9.84 Å². The van der Waals surface area contributed by atoms with Crippen molar-refractivity contribution >= 4 is 15.8 Å². The molecular formula is C14H21N3O4S. The van der Waals surface area contributed by atoms with E-state index in [1.54, 1.807) is 12.1 Å². The van der Waals surface area contributed by atoms with Crippen LogP contribution >= 0.6 is 0 Å². The van der Waals surface area contributed by atoms with Crippen molar-refractivity contribution in [1.82, 2.24) is 4.90 Å². The molecule has 0 spiro atoms. The number of guanidine groups is 1. The average molecular weight is 327 g/mol. The number of morpholine rings is 1. The Labute approximate surface area is 130 Å². The van der Waals surface area contributed by atoms with Gasteiger partial charge in [-0.2, -0.15) is 0 Å². The van der Waals surface area contributed by atoms with E-state index in [2.05, 4.69) is 4.99 Å². The zero-order chi connectivity index (χ0) is 16.0. The molecule has 1 heterocycles. The predicted molar refractivity (Wildman–Crippen MR) is 83.9 cm³/mol. The lowest BCUT2D eigenvalue weighted by atomic mass is 10.3. The molecule has 1 saturated heterocycles. The molecule has 0 radical (unpaired) electrons. The lowest BCUT2D eigenvalue weighted by Gasteiger charge is -2.27. The Morgan fingerprint density at radius 2 is 1.95 bits per heavy atom. The van der Waals surface area contributed by atoms with Crippen molar-refractivity contribution in [3.63, 3.8) is 0 Å². The van der Waals surface area contributed by atoms with Crippen molar-refractivity contribution in [3.8, 4) is 5.75 Å². The summed E-state index contributed by atoms with van der Waals surface area (Å²) in [5, 5.41) is 0. The number of ether oxygens (including phenoxy) is 2. The molecule has 122 valence electrons. The molecule has 0 aliphatic carbocycles. The fourth-order valence-electron chi connectivity index (χ4n) is 2.00. The molecule has 22 heavy (non-hydrogen) atoms. The fourth-order valence-corrected chi connectivity index (χ4v) is 2.63. The van der Waals surface area contributed by atoms with Gasteiger partial charge in [0.25, 0.3) is 0 Å². The van der Waals surface area contributed by atoms with Crippen LogP contribution in [-0.2, 0) is 14.6 Å². The lowest BCUT2D eigenvalue weighted by Crippen LogP contribution is -2.45. The van der Waals surface area contributed by atoms with Gasteiger partial charge in [0.1, 0.15) is 12.4 Å². The van der Waals surface area contributed by atoms with E-state index in [0.29, 0.717) is 38.1 Å². The molecule has 1 aliphatic rings.